The van der Waals surface area contributed by atoms with Gasteiger partial charge < -0.3 is 10.1 Å². The van der Waals surface area contributed by atoms with Crippen LogP contribution < -0.4 is 5.32 Å². The number of fused-ring (bicyclic) bond motifs is 2. The summed E-state index contributed by atoms with van der Waals surface area (Å²) in [6.07, 6.45) is 4.75. The maximum atomic E-state index is 12.3. The van der Waals surface area contributed by atoms with E-state index in [1.165, 1.54) is 26.4 Å². The van der Waals surface area contributed by atoms with Crippen LogP contribution >= 0.6 is 0 Å². The Labute approximate surface area is 118 Å². The van der Waals surface area contributed by atoms with E-state index in [2.05, 4.69) is 10.1 Å². The summed E-state index contributed by atoms with van der Waals surface area (Å²) < 4.78 is 4.65. The van der Waals surface area contributed by atoms with Gasteiger partial charge in [0.15, 0.2) is 0 Å². The van der Waals surface area contributed by atoms with Gasteiger partial charge >= 0.3 is 5.97 Å². The summed E-state index contributed by atoms with van der Waals surface area (Å²) in [6.45, 7) is 0. The molecule has 3 atom stereocenters. The van der Waals surface area contributed by atoms with Crippen LogP contribution in [0.15, 0.2) is 24.3 Å². The van der Waals surface area contributed by atoms with Crippen LogP contribution in [-0.2, 0) is 9.53 Å². The van der Waals surface area contributed by atoms with Crippen molar-refractivity contribution in [2.45, 2.75) is 25.7 Å². The van der Waals surface area contributed by atoms with E-state index in [0.29, 0.717) is 11.5 Å². The number of methoxy groups -OCH3 is 1. The standard InChI is InChI=1S/C16H19NO3/c1-20-16(19)11-4-6-13(7-5-11)17-15(18)14-9-10-2-3-12(14)8-10/h4-7,10,12,14H,2-3,8-9H2,1H3,(H,17,18)/t10-,12-,14-/m0/s1. The number of hydrogen-bond donors (Lipinski definition) is 1. The van der Waals surface area contributed by atoms with Crippen molar-refractivity contribution in [3.8, 4) is 0 Å². The molecule has 2 saturated carbocycles. The van der Waals surface area contributed by atoms with E-state index in [-0.39, 0.29) is 17.8 Å². The number of ether oxygens (including phenoxy) is 1. The first-order valence-corrected chi connectivity index (χ1v) is 7.16. The quantitative estimate of drug-likeness (QED) is 0.862. The Kier molecular flexibility index (Phi) is 3.47. The second-order valence-corrected chi connectivity index (χ2v) is 5.84. The molecule has 1 N–H and O–H groups in total. The van der Waals surface area contributed by atoms with Crippen molar-refractivity contribution in [3.05, 3.63) is 29.8 Å². The first-order valence-electron chi connectivity index (χ1n) is 7.16. The topological polar surface area (TPSA) is 55.4 Å². The van der Waals surface area contributed by atoms with Crippen molar-refractivity contribution in [1.82, 2.24) is 0 Å². The number of nitrogens with one attached hydrogen (secondary N) is 1. The van der Waals surface area contributed by atoms with Crippen LogP contribution in [0.4, 0.5) is 5.69 Å². The van der Waals surface area contributed by atoms with Crippen molar-refractivity contribution in [2.24, 2.45) is 17.8 Å². The molecular weight excluding hydrogens is 254 g/mol. The summed E-state index contributed by atoms with van der Waals surface area (Å²) in [7, 11) is 1.35. The number of esters is 1. The zero-order valence-electron chi connectivity index (χ0n) is 11.6. The number of hydrogen-bond acceptors (Lipinski definition) is 3. The van der Waals surface area contributed by atoms with E-state index in [4.69, 9.17) is 0 Å². The molecule has 0 radical (unpaired) electrons. The minimum Gasteiger partial charge on any atom is -0.465 e. The van der Waals surface area contributed by atoms with Crippen LogP contribution in [0, 0.1) is 17.8 Å². The van der Waals surface area contributed by atoms with Gasteiger partial charge in [0.1, 0.15) is 0 Å². The van der Waals surface area contributed by atoms with E-state index < -0.39 is 0 Å². The lowest BCUT2D eigenvalue weighted by molar-refractivity contribution is -0.121. The molecule has 0 aromatic heterocycles. The second kappa shape index (κ2) is 5.27. The lowest BCUT2D eigenvalue weighted by Gasteiger charge is -2.20. The summed E-state index contributed by atoms with van der Waals surface area (Å²) >= 11 is 0. The lowest BCUT2D eigenvalue weighted by atomic mass is 9.88. The van der Waals surface area contributed by atoms with Crippen LogP contribution in [0.25, 0.3) is 0 Å². The molecule has 0 heterocycles. The molecular formula is C16H19NO3. The molecule has 1 aromatic rings. The van der Waals surface area contributed by atoms with E-state index in [1.54, 1.807) is 24.3 Å². The van der Waals surface area contributed by atoms with Crippen LogP contribution in [-0.4, -0.2) is 19.0 Å². The van der Waals surface area contributed by atoms with Crippen molar-refractivity contribution >= 4 is 17.6 Å². The van der Waals surface area contributed by atoms with Gasteiger partial charge in [-0.2, -0.15) is 0 Å². The van der Waals surface area contributed by atoms with Crippen molar-refractivity contribution < 1.29 is 14.3 Å². The second-order valence-electron chi connectivity index (χ2n) is 5.84. The number of rotatable bonds is 3. The molecule has 2 fully saturated rings. The summed E-state index contributed by atoms with van der Waals surface area (Å²) in [5.41, 5.74) is 1.23. The Morgan fingerprint density at radius 2 is 1.90 bits per heavy atom. The van der Waals surface area contributed by atoms with E-state index in [1.807, 2.05) is 0 Å². The van der Waals surface area contributed by atoms with E-state index in [0.717, 1.165) is 18.0 Å². The highest BCUT2D eigenvalue weighted by Crippen LogP contribution is 2.48. The number of benzene rings is 1. The fourth-order valence-electron chi connectivity index (χ4n) is 3.61. The van der Waals surface area contributed by atoms with Crippen LogP contribution in [0.5, 0.6) is 0 Å². The molecule has 2 aliphatic rings. The molecule has 106 valence electrons. The maximum Gasteiger partial charge on any atom is 0.337 e. The summed E-state index contributed by atoms with van der Waals surface area (Å²) in [6, 6.07) is 6.83. The van der Waals surface area contributed by atoms with Gasteiger partial charge in [-0.1, -0.05) is 6.42 Å². The highest BCUT2D eigenvalue weighted by molar-refractivity contribution is 5.94. The molecule has 0 unspecified atom stereocenters. The van der Waals surface area contributed by atoms with Gasteiger partial charge in [0.25, 0.3) is 0 Å². The summed E-state index contributed by atoms with van der Waals surface area (Å²) in [5, 5.41) is 2.96. The van der Waals surface area contributed by atoms with Gasteiger partial charge in [0.2, 0.25) is 5.91 Å². The normalized spacial score (nSPS) is 27.4. The average molecular weight is 273 g/mol. The Morgan fingerprint density at radius 1 is 1.15 bits per heavy atom. The molecule has 0 saturated heterocycles. The Balaban J connectivity index is 1.63. The number of anilines is 1. The molecule has 2 bridgehead atoms. The Bertz CT molecular complexity index is 523. The highest BCUT2D eigenvalue weighted by atomic mass is 16.5. The Hall–Kier alpha value is -1.84. The average Bonchev–Trinajstić information content (AvgIpc) is 3.10. The molecule has 20 heavy (non-hydrogen) atoms. The third-order valence-corrected chi connectivity index (χ3v) is 4.65. The summed E-state index contributed by atoms with van der Waals surface area (Å²) in [5.74, 6) is 1.28. The van der Waals surface area contributed by atoms with Crippen LogP contribution in [0.2, 0.25) is 0 Å². The number of carbonyl (C=O) groups is 2. The van der Waals surface area contributed by atoms with E-state index >= 15 is 0 Å². The minimum atomic E-state index is -0.365. The molecule has 4 heteroatoms. The van der Waals surface area contributed by atoms with Crippen molar-refractivity contribution in [3.63, 3.8) is 0 Å². The van der Waals surface area contributed by atoms with Crippen LogP contribution in [0.1, 0.15) is 36.0 Å². The molecule has 0 spiro atoms. The van der Waals surface area contributed by atoms with Gasteiger partial charge in [-0.05, 0) is 55.4 Å². The van der Waals surface area contributed by atoms with Gasteiger partial charge in [-0.3, -0.25) is 4.79 Å². The smallest absolute Gasteiger partial charge is 0.337 e. The van der Waals surface area contributed by atoms with Gasteiger partial charge in [-0.25, -0.2) is 4.79 Å². The monoisotopic (exact) mass is 273 g/mol. The van der Waals surface area contributed by atoms with Gasteiger partial charge in [0, 0.05) is 11.6 Å². The number of carbonyl (C=O) groups excluding carboxylic acids is 2. The SMILES string of the molecule is COC(=O)c1ccc(NC(=O)[C@H]2C[C@H]3CC[C@H]2C3)cc1. The largest absolute Gasteiger partial charge is 0.465 e. The predicted molar refractivity (Wildman–Crippen MR) is 75.3 cm³/mol. The first kappa shape index (κ1) is 13.2. The zero-order chi connectivity index (χ0) is 14.1. The van der Waals surface area contributed by atoms with E-state index in [9.17, 15) is 9.59 Å². The van der Waals surface area contributed by atoms with Gasteiger partial charge in [-0.15, -0.1) is 0 Å². The summed E-state index contributed by atoms with van der Waals surface area (Å²) in [4.78, 5) is 23.6. The first-order chi connectivity index (χ1) is 9.67. The van der Waals surface area contributed by atoms with Crippen molar-refractivity contribution in [2.75, 3.05) is 12.4 Å². The van der Waals surface area contributed by atoms with Crippen molar-refractivity contribution in [1.29, 1.82) is 0 Å². The fraction of sp³-hybridized carbons (Fsp3) is 0.500. The molecule has 0 aliphatic heterocycles. The number of amides is 1. The third kappa shape index (κ3) is 2.42. The minimum absolute atomic E-state index is 0.128. The molecule has 3 rings (SSSR count). The third-order valence-electron chi connectivity index (χ3n) is 4.65. The van der Waals surface area contributed by atoms with Crippen LogP contribution in [0.3, 0.4) is 0 Å². The molecule has 2 aliphatic carbocycles. The van der Waals surface area contributed by atoms with Gasteiger partial charge in [0.05, 0.1) is 12.7 Å². The Morgan fingerprint density at radius 3 is 2.45 bits per heavy atom. The maximum absolute atomic E-state index is 12.3. The predicted octanol–water partition coefficient (Wildman–Crippen LogP) is 2.85. The highest BCUT2D eigenvalue weighted by Gasteiger charge is 2.42. The zero-order valence-corrected chi connectivity index (χ0v) is 11.6. The molecule has 1 aromatic carbocycles. The molecule has 4 nitrogen and oxygen atoms in total. The molecule has 1 amide bonds. The lowest BCUT2D eigenvalue weighted by Crippen LogP contribution is -2.27. The fourth-order valence-corrected chi connectivity index (χ4v) is 3.61.